The first kappa shape index (κ1) is 10.5. The SMILES string of the molecule is CC1(CBr)C=CC(C)(CBr)C=C1. The van der Waals surface area contributed by atoms with E-state index in [1.807, 2.05) is 0 Å². The van der Waals surface area contributed by atoms with Crippen LogP contribution in [0, 0.1) is 10.8 Å². The molecule has 0 unspecified atom stereocenters. The Morgan fingerprint density at radius 2 is 1.08 bits per heavy atom. The molecule has 0 bridgehead atoms. The number of hydrogen-bond donors (Lipinski definition) is 0. The topological polar surface area (TPSA) is 0 Å². The van der Waals surface area contributed by atoms with E-state index >= 15 is 0 Å². The molecule has 1 aliphatic rings. The fourth-order valence-corrected chi connectivity index (χ4v) is 1.80. The third-order valence-electron chi connectivity index (χ3n) is 2.27. The maximum absolute atomic E-state index is 3.51. The van der Waals surface area contributed by atoms with Crippen LogP contribution in [0.2, 0.25) is 0 Å². The maximum Gasteiger partial charge on any atom is 0.0155 e. The number of halogens is 2. The molecule has 0 N–H and O–H groups in total. The Balaban J connectivity index is 2.79. The lowest BCUT2D eigenvalue weighted by atomic mass is 9.79. The third-order valence-corrected chi connectivity index (χ3v) is 4.68. The molecule has 0 amide bonds. The summed E-state index contributed by atoms with van der Waals surface area (Å²) in [5, 5.41) is 1.98. The van der Waals surface area contributed by atoms with Crippen LogP contribution in [0.4, 0.5) is 0 Å². The summed E-state index contributed by atoms with van der Waals surface area (Å²) >= 11 is 7.02. The Kier molecular flexibility index (Phi) is 3.21. The zero-order chi connectivity index (χ0) is 9.24. The molecule has 0 radical (unpaired) electrons. The van der Waals surface area contributed by atoms with Crippen LogP contribution >= 0.6 is 31.9 Å². The van der Waals surface area contributed by atoms with Crippen molar-refractivity contribution in [2.24, 2.45) is 10.8 Å². The molecule has 2 heteroatoms. The van der Waals surface area contributed by atoms with Crippen LogP contribution in [0.25, 0.3) is 0 Å². The van der Waals surface area contributed by atoms with Gasteiger partial charge < -0.3 is 0 Å². The Labute approximate surface area is 91.4 Å². The molecule has 0 aromatic heterocycles. The van der Waals surface area contributed by atoms with Crippen molar-refractivity contribution < 1.29 is 0 Å². The maximum atomic E-state index is 3.51. The van der Waals surface area contributed by atoms with Crippen LogP contribution in [0.1, 0.15) is 13.8 Å². The van der Waals surface area contributed by atoms with Crippen LogP contribution < -0.4 is 0 Å². The molecule has 0 heterocycles. The van der Waals surface area contributed by atoms with E-state index in [1.54, 1.807) is 0 Å². The molecular weight excluding hydrogens is 280 g/mol. The minimum Gasteiger partial charge on any atom is -0.0915 e. The van der Waals surface area contributed by atoms with Gasteiger partial charge in [0, 0.05) is 21.5 Å². The molecule has 1 rings (SSSR count). The summed E-state index contributed by atoms with van der Waals surface area (Å²) in [6, 6.07) is 0. The molecule has 0 fully saturated rings. The molecule has 0 saturated carbocycles. The lowest BCUT2D eigenvalue weighted by Gasteiger charge is -2.29. The predicted molar refractivity (Wildman–Crippen MR) is 62.1 cm³/mol. The quantitative estimate of drug-likeness (QED) is 0.535. The van der Waals surface area contributed by atoms with E-state index in [-0.39, 0.29) is 10.8 Å². The van der Waals surface area contributed by atoms with E-state index in [0.29, 0.717) is 0 Å². The molecule has 0 aromatic carbocycles. The van der Waals surface area contributed by atoms with Crippen molar-refractivity contribution in [2.75, 3.05) is 10.7 Å². The van der Waals surface area contributed by atoms with Gasteiger partial charge in [0.2, 0.25) is 0 Å². The van der Waals surface area contributed by atoms with Gasteiger partial charge in [0.25, 0.3) is 0 Å². The highest BCUT2D eigenvalue weighted by Crippen LogP contribution is 2.35. The lowest BCUT2D eigenvalue weighted by Crippen LogP contribution is -2.22. The van der Waals surface area contributed by atoms with Crippen LogP contribution in [0.5, 0.6) is 0 Å². The van der Waals surface area contributed by atoms with Crippen LogP contribution in [0.15, 0.2) is 24.3 Å². The summed E-state index contributed by atoms with van der Waals surface area (Å²) in [5.41, 5.74) is 0.420. The second kappa shape index (κ2) is 3.67. The number of allylic oxidation sites excluding steroid dienone is 4. The normalized spacial score (nSPS) is 40.3. The highest BCUT2D eigenvalue weighted by molar-refractivity contribution is 9.09. The van der Waals surface area contributed by atoms with Gasteiger partial charge in [-0.3, -0.25) is 0 Å². The molecule has 0 spiro atoms. The zero-order valence-corrected chi connectivity index (χ0v) is 10.7. The summed E-state index contributed by atoms with van der Waals surface area (Å²) in [6.07, 6.45) is 9.12. The van der Waals surface area contributed by atoms with E-state index in [1.165, 1.54) is 0 Å². The molecular formula is C10H14Br2. The first-order chi connectivity index (χ1) is 5.54. The fourth-order valence-electron chi connectivity index (χ4n) is 1.05. The summed E-state index contributed by atoms with van der Waals surface area (Å²) in [6.45, 7) is 4.45. The van der Waals surface area contributed by atoms with E-state index < -0.39 is 0 Å². The minimum absolute atomic E-state index is 0.210. The number of alkyl halides is 2. The zero-order valence-electron chi connectivity index (χ0n) is 7.48. The van der Waals surface area contributed by atoms with Gasteiger partial charge in [0.05, 0.1) is 0 Å². The summed E-state index contributed by atoms with van der Waals surface area (Å²) in [5.74, 6) is 0. The number of hydrogen-bond acceptors (Lipinski definition) is 0. The van der Waals surface area contributed by atoms with Crippen LogP contribution in [-0.4, -0.2) is 10.7 Å². The molecule has 0 aliphatic heterocycles. The van der Waals surface area contributed by atoms with Gasteiger partial charge in [-0.15, -0.1) is 0 Å². The van der Waals surface area contributed by atoms with Gasteiger partial charge in [0.1, 0.15) is 0 Å². The molecule has 0 saturated heterocycles. The first-order valence-electron chi connectivity index (χ1n) is 4.06. The first-order valence-corrected chi connectivity index (χ1v) is 6.31. The van der Waals surface area contributed by atoms with Gasteiger partial charge in [-0.05, 0) is 0 Å². The molecule has 0 aromatic rings. The van der Waals surface area contributed by atoms with Crippen molar-refractivity contribution in [1.82, 2.24) is 0 Å². The Bertz CT molecular complexity index is 180. The van der Waals surface area contributed by atoms with Crippen molar-refractivity contribution >= 4 is 31.9 Å². The van der Waals surface area contributed by atoms with Gasteiger partial charge in [0.15, 0.2) is 0 Å². The summed E-state index contributed by atoms with van der Waals surface area (Å²) < 4.78 is 0. The molecule has 0 atom stereocenters. The predicted octanol–water partition coefficient (Wildman–Crippen LogP) is 3.91. The molecule has 0 nitrogen and oxygen atoms in total. The monoisotopic (exact) mass is 292 g/mol. The van der Waals surface area contributed by atoms with Crippen LogP contribution in [0.3, 0.4) is 0 Å². The van der Waals surface area contributed by atoms with Gasteiger partial charge in [-0.1, -0.05) is 70.0 Å². The lowest BCUT2D eigenvalue weighted by molar-refractivity contribution is 0.554. The van der Waals surface area contributed by atoms with Gasteiger partial charge in [-0.25, -0.2) is 0 Å². The van der Waals surface area contributed by atoms with E-state index in [2.05, 4.69) is 70.0 Å². The summed E-state index contributed by atoms with van der Waals surface area (Å²) in [4.78, 5) is 0. The second-order valence-corrected chi connectivity index (χ2v) is 5.07. The Hall–Kier alpha value is 0.440. The Morgan fingerprint density at radius 3 is 1.25 bits per heavy atom. The average Bonchev–Trinajstić information content (AvgIpc) is 2.11. The van der Waals surface area contributed by atoms with E-state index in [9.17, 15) is 0 Å². The molecule has 1 aliphatic carbocycles. The standard InChI is InChI=1S/C10H14Br2/c1-9(7-11)3-5-10(2,8-12)6-4-9/h3-6H,7-8H2,1-2H3. The van der Waals surface area contributed by atoms with E-state index in [4.69, 9.17) is 0 Å². The highest BCUT2D eigenvalue weighted by atomic mass is 79.9. The number of rotatable bonds is 2. The minimum atomic E-state index is 0.210. The van der Waals surface area contributed by atoms with Gasteiger partial charge in [-0.2, -0.15) is 0 Å². The third kappa shape index (κ3) is 2.23. The molecule has 68 valence electrons. The van der Waals surface area contributed by atoms with Crippen molar-refractivity contribution in [1.29, 1.82) is 0 Å². The van der Waals surface area contributed by atoms with Crippen molar-refractivity contribution in [3.05, 3.63) is 24.3 Å². The second-order valence-electron chi connectivity index (χ2n) is 3.95. The van der Waals surface area contributed by atoms with Gasteiger partial charge >= 0.3 is 0 Å². The van der Waals surface area contributed by atoms with E-state index in [0.717, 1.165) is 10.7 Å². The van der Waals surface area contributed by atoms with Crippen LogP contribution in [-0.2, 0) is 0 Å². The molecule has 12 heavy (non-hydrogen) atoms. The average molecular weight is 294 g/mol. The van der Waals surface area contributed by atoms with Crippen molar-refractivity contribution in [2.45, 2.75) is 13.8 Å². The summed E-state index contributed by atoms with van der Waals surface area (Å²) in [7, 11) is 0. The smallest absolute Gasteiger partial charge is 0.0155 e. The fraction of sp³-hybridized carbons (Fsp3) is 0.600. The highest BCUT2D eigenvalue weighted by Gasteiger charge is 2.25. The van der Waals surface area contributed by atoms with Crippen molar-refractivity contribution in [3.63, 3.8) is 0 Å². The Morgan fingerprint density at radius 1 is 0.833 bits per heavy atom. The largest absolute Gasteiger partial charge is 0.0915 e. The van der Waals surface area contributed by atoms with Crippen molar-refractivity contribution in [3.8, 4) is 0 Å².